The number of carbonyl (C=O) groups excluding carboxylic acids is 1. The monoisotopic (exact) mass is 336 g/mol. The highest BCUT2D eigenvalue weighted by atomic mass is 35.5. The molecule has 0 atom stereocenters. The van der Waals surface area contributed by atoms with E-state index in [9.17, 15) is 4.79 Å². The predicted octanol–water partition coefficient (Wildman–Crippen LogP) is 2.44. The van der Waals surface area contributed by atoms with Crippen LogP contribution >= 0.6 is 12.4 Å². The molecule has 0 bridgehead atoms. The largest absolute Gasteiger partial charge is 0.346 e. The smallest absolute Gasteiger partial charge is 0.251 e. The topological polar surface area (TPSA) is 72.9 Å². The normalized spacial score (nSPS) is 11.0. The molecule has 2 rings (SSSR count). The molecule has 0 saturated carbocycles. The van der Waals surface area contributed by atoms with Crippen LogP contribution in [0.25, 0.3) is 0 Å². The Morgan fingerprint density at radius 1 is 1.30 bits per heavy atom. The summed E-state index contributed by atoms with van der Waals surface area (Å²) in [4.78, 5) is 12.3. The van der Waals surface area contributed by atoms with Gasteiger partial charge in [-0.1, -0.05) is 12.1 Å². The number of hydrogen-bond donors (Lipinski definition) is 2. The molecule has 6 heteroatoms. The molecule has 0 spiro atoms. The van der Waals surface area contributed by atoms with Crippen molar-refractivity contribution in [2.75, 3.05) is 6.54 Å². The van der Waals surface area contributed by atoms with E-state index < -0.39 is 5.54 Å². The van der Waals surface area contributed by atoms with Gasteiger partial charge in [0.25, 0.3) is 5.91 Å². The van der Waals surface area contributed by atoms with Crippen molar-refractivity contribution < 1.29 is 4.79 Å². The van der Waals surface area contributed by atoms with Gasteiger partial charge in [-0.05, 0) is 51.5 Å². The Balaban J connectivity index is 0.00000264. The zero-order valence-corrected chi connectivity index (χ0v) is 14.9. The third-order valence-electron chi connectivity index (χ3n) is 3.59. The first kappa shape index (κ1) is 19.2. The van der Waals surface area contributed by atoms with Crippen molar-refractivity contribution >= 4 is 18.3 Å². The lowest BCUT2D eigenvalue weighted by Crippen LogP contribution is -2.48. The Labute approximate surface area is 143 Å². The van der Waals surface area contributed by atoms with Crippen LogP contribution in [0.1, 0.15) is 41.2 Å². The molecular weight excluding hydrogens is 312 g/mol. The average Bonchev–Trinajstić information content (AvgIpc) is 2.77. The van der Waals surface area contributed by atoms with E-state index in [0.717, 1.165) is 17.0 Å². The van der Waals surface area contributed by atoms with Crippen LogP contribution in [0.4, 0.5) is 0 Å². The highest BCUT2D eigenvalue weighted by molar-refractivity contribution is 5.94. The van der Waals surface area contributed by atoms with Gasteiger partial charge in [-0.2, -0.15) is 5.10 Å². The molecular formula is C17H25ClN4O. The Kier molecular flexibility index (Phi) is 6.36. The van der Waals surface area contributed by atoms with Gasteiger partial charge in [-0.3, -0.25) is 9.48 Å². The van der Waals surface area contributed by atoms with Crippen molar-refractivity contribution in [3.63, 3.8) is 0 Å². The van der Waals surface area contributed by atoms with E-state index in [-0.39, 0.29) is 18.3 Å². The zero-order valence-electron chi connectivity index (χ0n) is 14.1. The Bertz CT molecular complexity index is 679. The van der Waals surface area contributed by atoms with Crippen LogP contribution in [-0.4, -0.2) is 27.8 Å². The summed E-state index contributed by atoms with van der Waals surface area (Å²) in [6.07, 6.45) is 0. The molecule has 1 aromatic carbocycles. The quantitative estimate of drug-likeness (QED) is 0.880. The number of benzene rings is 1. The van der Waals surface area contributed by atoms with E-state index in [1.807, 2.05) is 62.7 Å². The van der Waals surface area contributed by atoms with E-state index in [0.29, 0.717) is 18.7 Å². The lowest BCUT2D eigenvalue weighted by Gasteiger charge is -2.24. The zero-order chi connectivity index (χ0) is 16.3. The molecule has 126 valence electrons. The fourth-order valence-electron chi connectivity index (χ4n) is 2.25. The lowest BCUT2D eigenvalue weighted by molar-refractivity contribution is 0.0915. The summed E-state index contributed by atoms with van der Waals surface area (Å²) in [5.41, 5.74) is 9.03. The first-order chi connectivity index (χ1) is 10.3. The maximum absolute atomic E-state index is 12.3. The van der Waals surface area contributed by atoms with E-state index in [1.54, 1.807) is 0 Å². The van der Waals surface area contributed by atoms with Gasteiger partial charge in [-0.25, -0.2) is 0 Å². The Morgan fingerprint density at radius 3 is 2.57 bits per heavy atom. The summed E-state index contributed by atoms with van der Waals surface area (Å²) in [5.74, 6) is -0.106. The molecule has 0 saturated heterocycles. The van der Waals surface area contributed by atoms with Crippen molar-refractivity contribution in [1.82, 2.24) is 15.1 Å². The maximum Gasteiger partial charge on any atom is 0.251 e. The van der Waals surface area contributed by atoms with Gasteiger partial charge < -0.3 is 11.1 Å². The minimum absolute atomic E-state index is 0. The standard InChI is InChI=1S/C17H24N4O.ClH/c1-12-8-13(2)21(20-12)10-14-6-5-7-15(9-14)16(22)19-17(3,4)11-18;/h5-9H,10-11,18H2,1-4H3,(H,19,22);1H. The van der Waals surface area contributed by atoms with Crippen LogP contribution in [0, 0.1) is 13.8 Å². The molecule has 0 unspecified atom stereocenters. The third-order valence-corrected chi connectivity index (χ3v) is 3.59. The van der Waals surface area contributed by atoms with Gasteiger partial charge in [0.05, 0.1) is 12.2 Å². The third kappa shape index (κ3) is 5.08. The fourth-order valence-corrected chi connectivity index (χ4v) is 2.25. The molecule has 0 aliphatic carbocycles. The van der Waals surface area contributed by atoms with Crippen LogP contribution in [0.3, 0.4) is 0 Å². The minimum atomic E-state index is -0.414. The Hall–Kier alpha value is -1.85. The number of aromatic nitrogens is 2. The van der Waals surface area contributed by atoms with Crippen LogP contribution in [0.5, 0.6) is 0 Å². The van der Waals surface area contributed by atoms with Gasteiger partial charge in [-0.15, -0.1) is 12.4 Å². The molecule has 2 aromatic rings. The maximum atomic E-state index is 12.3. The molecule has 1 amide bonds. The van der Waals surface area contributed by atoms with E-state index >= 15 is 0 Å². The lowest BCUT2D eigenvalue weighted by atomic mass is 10.0. The van der Waals surface area contributed by atoms with E-state index in [2.05, 4.69) is 10.4 Å². The van der Waals surface area contributed by atoms with Crippen LogP contribution in [-0.2, 0) is 6.54 Å². The minimum Gasteiger partial charge on any atom is -0.346 e. The first-order valence-corrected chi connectivity index (χ1v) is 7.43. The van der Waals surface area contributed by atoms with Crippen molar-refractivity contribution in [3.05, 3.63) is 52.8 Å². The van der Waals surface area contributed by atoms with Gasteiger partial charge in [0.15, 0.2) is 0 Å². The molecule has 0 radical (unpaired) electrons. The van der Waals surface area contributed by atoms with Crippen LogP contribution < -0.4 is 11.1 Å². The summed E-state index contributed by atoms with van der Waals surface area (Å²) < 4.78 is 1.94. The van der Waals surface area contributed by atoms with Crippen molar-refractivity contribution in [1.29, 1.82) is 0 Å². The second-order valence-corrected chi connectivity index (χ2v) is 6.33. The molecule has 0 aliphatic heterocycles. The highest BCUT2D eigenvalue weighted by Gasteiger charge is 2.19. The number of hydrogen-bond acceptors (Lipinski definition) is 3. The second kappa shape index (κ2) is 7.62. The van der Waals surface area contributed by atoms with Crippen molar-refractivity contribution in [2.24, 2.45) is 5.73 Å². The van der Waals surface area contributed by atoms with Crippen LogP contribution in [0.2, 0.25) is 0 Å². The number of amides is 1. The number of aryl methyl sites for hydroxylation is 2. The molecule has 0 fully saturated rings. The number of rotatable bonds is 5. The van der Waals surface area contributed by atoms with Gasteiger partial charge in [0.2, 0.25) is 0 Å². The van der Waals surface area contributed by atoms with Gasteiger partial charge in [0.1, 0.15) is 0 Å². The molecule has 3 N–H and O–H groups in total. The summed E-state index contributed by atoms with van der Waals surface area (Å²) >= 11 is 0. The number of halogens is 1. The fraction of sp³-hybridized carbons (Fsp3) is 0.412. The predicted molar refractivity (Wildman–Crippen MR) is 95.1 cm³/mol. The number of nitrogens with one attached hydrogen (secondary N) is 1. The Morgan fingerprint density at radius 2 is 2.00 bits per heavy atom. The SMILES string of the molecule is Cc1cc(C)n(Cc2cccc(C(=O)NC(C)(C)CN)c2)n1.Cl. The van der Waals surface area contributed by atoms with E-state index in [4.69, 9.17) is 5.73 Å². The number of nitrogens with zero attached hydrogens (tertiary/aromatic N) is 2. The molecule has 23 heavy (non-hydrogen) atoms. The van der Waals surface area contributed by atoms with Crippen molar-refractivity contribution in [3.8, 4) is 0 Å². The van der Waals surface area contributed by atoms with Crippen molar-refractivity contribution in [2.45, 2.75) is 39.8 Å². The van der Waals surface area contributed by atoms with Gasteiger partial charge in [0, 0.05) is 23.3 Å². The molecule has 0 aliphatic rings. The van der Waals surface area contributed by atoms with Gasteiger partial charge >= 0.3 is 0 Å². The molecule has 1 heterocycles. The summed E-state index contributed by atoms with van der Waals surface area (Å²) in [7, 11) is 0. The summed E-state index contributed by atoms with van der Waals surface area (Å²) in [6.45, 7) is 8.86. The highest BCUT2D eigenvalue weighted by Crippen LogP contribution is 2.11. The average molecular weight is 337 g/mol. The first-order valence-electron chi connectivity index (χ1n) is 7.43. The summed E-state index contributed by atoms with van der Waals surface area (Å²) in [6, 6.07) is 9.65. The van der Waals surface area contributed by atoms with Crippen LogP contribution in [0.15, 0.2) is 30.3 Å². The summed E-state index contributed by atoms with van der Waals surface area (Å²) in [5, 5.41) is 7.39. The number of nitrogens with two attached hydrogens (primary N) is 1. The number of carbonyl (C=O) groups is 1. The van der Waals surface area contributed by atoms with E-state index in [1.165, 1.54) is 0 Å². The molecule has 1 aromatic heterocycles. The molecule has 5 nitrogen and oxygen atoms in total. The second-order valence-electron chi connectivity index (χ2n) is 6.33.